The topological polar surface area (TPSA) is 17.1 Å². The van der Waals surface area contributed by atoms with E-state index in [1.165, 1.54) is 0 Å². The second-order valence-corrected chi connectivity index (χ2v) is 3.64. The van der Waals surface area contributed by atoms with Crippen molar-refractivity contribution in [2.75, 3.05) is 0 Å². The molecule has 0 amide bonds. The maximum atomic E-state index is 10.8. The van der Waals surface area contributed by atoms with Gasteiger partial charge in [0.1, 0.15) is 5.78 Å². The quantitative estimate of drug-likeness (QED) is 0.726. The number of carbonyl (C=O) groups is 1. The van der Waals surface area contributed by atoms with Crippen LogP contribution >= 0.6 is 11.6 Å². The van der Waals surface area contributed by atoms with Crippen LogP contribution in [0.25, 0.3) is 0 Å². The predicted octanol–water partition coefficient (Wildman–Crippen LogP) is 3.17. The Morgan fingerprint density at radius 3 is 2.69 bits per heavy atom. The lowest BCUT2D eigenvalue weighted by Gasteiger charge is -2.06. The average Bonchev–Trinajstić information content (AvgIpc) is 2.03. The van der Waals surface area contributed by atoms with E-state index < -0.39 is 0 Å². The summed E-state index contributed by atoms with van der Waals surface area (Å²) in [6, 6.07) is 5.81. The SMILES string of the molecule is CC(=O)CCc1c(C)cccc1Cl. The zero-order valence-electron chi connectivity index (χ0n) is 7.93. The van der Waals surface area contributed by atoms with Crippen LogP contribution in [0.3, 0.4) is 0 Å². The molecule has 0 radical (unpaired) electrons. The van der Waals surface area contributed by atoms with Gasteiger partial charge in [0.2, 0.25) is 0 Å². The Morgan fingerprint density at radius 2 is 2.15 bits per heavy atom. The minimum Gasteiger partial charge on any atom is -0.300 e. The molecule has 0 aliphatic carbocycles. The summed E-state index contributed by atoms with van der Waals surface area (Å²) in [6.45, 7) is 3.62. The lowest BCUT2D eigenvalue weighted by molar-refractivity contribution is -0.116. The molecule has 0 heterocycles. The van der Waals surface area contributed by atoms with E-state index in [0.29, 0.717) is 6.42 Å². The molecule has 0 aliphatic rings. The number of halogens is 1. The summed E-state index contributed by atoms with van der Waals surface area (Å²) < 4.78 is 0. The van der Waals surface area contributed by atoms with E-state index in [2.05, 4.69) is 0 Å². The molecule has 1 rings (SSSR count). The van der Waals surface area contributed by atoms with E-state index in [1.807, 2.05) is 25.1 Å². The molecule has 0 aromatic heterocycles. The largest absolute Gasteiger partial charge is 0.300 e. The molecule has 1 aromatic carbocycles. The summed E-state index contributed by atoms with van der Waals surface area (Å²) >= 11 is 6.00. The van der Waals surface area contributed by atoms with Crippen molar-refractivity contribution in [2.24, 2.45) is 0 Å². The fourth-order valence-electron chi connectivity index (χ4n) is 1.28. The molecule has 13 heavy (non-hydrogen) atoms. The van der Waals surface area contributed by atoms with Crippen LogP contribution < -0.4 is 0 Å². The number of Topliss-reactive ketones (excluding diaryl/α,β-unsaturated/α-hetero) is 1. The van der Waals surface area contributed by atoms with E-state index in [-0.39, 0.29) is 5.78 Å². The first-order valence-electron chi connectivity index (χ1n) is 4.34. The fourth-order valence-corrected chi connectivity index (χ4v) is 1.60. The van der Waals surface area contributed by atoms with Crippen LogP contribution in [0.4, 0.5) is 0 Å². The number of ketones is 1. The summed E-state index contributed by atoms with van der Waals surface area (Å²) in [6.07, 6.45) is 1.32. The summed E-state index contributed by atoms with van der Waals surface area (Å²) in [5, 5.41) is 0.765. The van der Waals surface area contributed by atoms with Crippen molar-refractivity contribution in [1.29, 1.82) is 0 Å². The molecule has 2 heteroatoms. The first kappa shape index (κ1) is 10.3. The van der Waals surface area contributed by atoms with Crippen LogP contribution in [0.2, 0.25) is 5.02 Å². The van der Waals surface area contributed by atoms with E-state index in [4.69, 9.17) is 11.6 Å². The van der Waals surface area contributed by atoms with Crippen molar-refractivity contribution in [1.82, 2.24) is 0 Å². The van der Waals surface area contributed by atoms with Crippen LogP contribution in [0.15, 0.2) is 18.2 Å². The third kappa shape index (κ3) is 2.85. The number of carbonyl (C=O) groups excluding carboxylic acids is 1. The third-order valence-corrected chi connectivity index (χ3v) is 2.43. The minimum atomic E-state index is 0.208. The van der Waals surface area contributed by atoms with Crippen molar-refractivity contribution in [3.8, 4) is 0 Å². The van der Waals surface area contributed by atoms with Crippen LogP contribution in [0.1, 0.15) is 24.5 Å². The summed E-state index contributed by atoms with van der Waals surface area (Å²) in [5.74, 6) is 0.208. The molecule has 1 nitrogen and oxygen atoms in total. The van der Waals surface area contributed by atoms with Gasteiger partial charge in [0.15, 0.2) is 0 Å². The highest BCUT2D eigenvalue weighted by atomic mass is 35.5. The average molecular weight is 197 g/mol. The second kappa shape index (κ2) is 4.43. The van der Waals surface area contributed by atoms with Crippen molar-refractivity contribution in [3.63, 3.8) is 0 Å². The molecule has 0 fully saturated rings. The monoisotopic (exact) mass is 196 g/mol. The smallest absolute Gasteiger partial charge is 0.130 e. The minimum absolute atomic E-state index is 0.208. The first-order chi connectivity index (χ1) is 6.11. The highest BCUT2D eigenvalue weighted by molar-refractivity contribution is 6.31. The highest BCUT2D eigenvalue weighted by Gasteiger charge is 2.04. The van der Waals surface area contributed by atoms with E-state index in [1.54, 1.807) is 6.92 Å². The zero-order chi connectivity index (χ0) is 9.84. The van der Waals surface area contributed by atoms with Gasteiger partial charge in [-0.2, -0.15) is 0 Å². The fraction of sp³-hybridized carbons (Fsp3) is 0.364. The Kier molecular flexibility index (Phi) is 3.49. The van der Waals surface area contributed by atoms with Gasteiger partial charge >= 0.3 is 0 Å². The van der Waals surface area contributed by atoms with Gasteiger partial charge in [-0.1, -0.05) is 23.7 Å². The Balaban J connectivity index is 2.81. The molecule has 0 N–H and O–H groups in total. The van der Waals surface area contributed by atoms with E-state index in [0.717, 1.165) is 22.6 Å². The number of hydrogen-bond donors (Lipinski definition) is 0. The Hall–Kier alpha value is -0.820. The van der Waals surface area contributed by atoms with Gasteiger partial charge in [-0.25, -0.2) is 0 Å². The van der Waals surface area contributed by atoms with Gasteiger partial charge in [-0.3, -0.25) is 0 Å². The maximum Gasteiger partial charge on any atom is 0.130 e. The molecule has 70 valence electrons. The maximum absolute atomic E-state index is 10.8. The van der Waals surface area contributed by atoms with Crippen molar-refractivity contribution >= 4 is 17.4 Å². The molecular weight excluding hydrogens is 184 g/mol. The molecule has 0 saturated carbocycles. The number of hydrogen-bond acceptors (Lipinski definition) is 1. The van der Waals surface area contributed by atoms with Gasteiger partial charge in [-0.15, -0.1) is 0 Å². The Labute approximate surface area is 83.7 Å². The van der Waals surface area contributed by atoms with E-state index >= 15 is 0 Å². The third-order valence-electron chi connectivity index (χ3n) is 2.08. The van der Waals surface area contributed by atoms with Crippen molar-refractivity contribution in [3.05, 3.63) is 34.3 Å². The molecule has 0 bridgehead atoms. The van der Waals surface area contributed by atoms with Crippen LogP contribution in [-0.2, 0) is 11.2 Å². The Bertz CT molecular complexity index is 298. The van der Waals surface area contributed by atoms with Crippen LogP contribution in [0, 0.1) is 6.92 Å². The molecule has 0 aliphatic heterocycles. The molecular formula is C11H13ClO. The summed E-state index contributed by atoms with van der Waals surface area (Å²) in [7, 11) is 0. The van der Waals surface area contributed by atoms with Crippen molar-refractivity contribution < 1.29 is 4.79 Å². The van der Waals surface area contributed by atoms with Crippen LogP contribution in [0.5, 0.6) is 0 Å². The summed E-state index contributed by atoms with van der Waals surface area (Å²) in [5.41, 5.74) is 2.26. The molecule has 0 spiro atoms. The Morgan fingerprint density at radius 1 is 1.46 bits per heavy atom. The summed E-state index contributed by atoms with van der Waals surface area (Å²) in [4.78, 5) is 10.8. The second-order valence-electron chi connectivity index (χ2n) is 3.24. The number of benzene rings is 1. The lowest BCUT2D eigenvalue weighted by atomic mass is 10.0. The highest BCUT2D eigenvalue weighted by Crippen LogP contribution is 2.20. The van der Waals surface area contributed by atoms with Gasteiger partial charge in [0, 0.05) is 11.4 Å². The van der Waals surface area contributed by atoms with Gasteiger partial charge in [0.05, 0.1) is 0 Å². The zero-order valence-corrected chi connectivity index (χ0v) is 8.69. The lowest BCUT2D eigenvalue weighted by Crippen LogP contribution is -1.96. The number of aryl methyl sites for hydroxylation is 1. The standard InChI is InChI=1S/C11H13ClO/c1-8-4-3-5-11(12)10(8)7-6-9(2)13/h3-5H,6-7H2,1-2H3. The predicted molar refractivity (Wildman–Crippen MR) is 55.2 cm³/mol. The van der Waals surface area contributed by atoms with Crippen LogP contribution in [-0.4, -0.2) is 5.78 Å². The molecule has 0 atom stereocenters. The normalized spacial score (nSPS) is 10.1. The van der Waals surface area contributed by atoms with Gasteiger partial charge in [-0.05, 0) is 37.5 Å². The van der Waals surface area contributed by atoms with Gasteiger partial charge < -0.3 is 4.79 Å². The van der Waals surface area contributed by atoms with Gasteiger partial charge in [0.25, 0.3) is 0 Å². The van der Waals surface area contributed by atoms with Crippen molar-refractivity contribution in [2.45, 2.75) is 26.7 Å². The number of rotatable bonds is 3. The first-order valence-corrected chi connectivity index (χ1v) is 4.72. The molecule has 0 unspecified atom stereocenters. The molecule has 1 aromatic rings. The molecule has 0 saturated heterocycles. The van der Waals surface area contributed by atoms with E-state index in [9.17, 15) is 4.79 Å².